The van der Waals surface area contributed by atoms with Gasteiger partial charge < -0.3 is 0 Å². The van der Waals surface area contributed by atoms with Crippen LogP contribution in [0.3, 0.4) is 0 Å². The van der Waals surface area contributed by atoms with Crippen LogP contribution in [0, 0.1) is 12.7 Å². The number of aromatic nitrogens is 1. The summed E-state index contributed by atoms with van der Waals surface area (Å²) in [6.07, 6.45) is 3.76. The van der Waals surface area contributed by atoms with E-state index in [0.29, 0.717) is 0 Å². The van der Waals surface area contributed by atoms with E-state index >= 15 is 0 Å². The fraction of sp³-hybridized carbons (Fsp3) is 0.0556. The average Bonchev–Trinajstić information content (AvgIpc) is 2.45. The van der Waals surface area contributed by atoms with Crippen molar-refractivity contribution in [3.63, 3.8) is 0 Å². The van der Waals surface area contributed by atoms with Gasteiger partial charge in [-0.05, 0) is 48.9 Å². The first-order valence-corrected chi connectivity index (χ1v) is 6.52. The summed E-state index contributed by atoms with van der Waals surface area (Å²) in [7, 11) is 0. The molecule has 0 aliphatic carbocycles. The first-order chi connectivity index (χ1) is 9.70. The molecule has 0 spiro atoms. The summed E-state index contributed by atoms with van der Waals surface area (Å²) in [4.78, 5) is 4.57. The standard InChI is InChI=1S/C18H14FN/c1-13-5-10-18-15(11-13)7-9-17(20-18)8-6-14-3-2-4-16(19)12-14/h2-12H,1H3. The van der Waals surface area contributed by atoms with Gasteiger partial charge in [0.25, 0.3) is 0 Å². The molecule has 0 bridgehead atoms. The molecule has 0 radical (unpaired) electrons. The fourth-order valence-corrected chi connectivity index (χ4v) is 2.15. The van der Waals surface area contributed by atoms with Gasteiger partial charge in [0.1, 0.15) is 5.82 Å². The molecule has 98 valence electrons. The molecule has 2 heteroatoms. The predicted molar refractivity (Wildman–Crippen MR) is 81.8 cm³/mol. The van der Waals surface area contributed by atoms with Crippen molar-refractivity contribution < 1.29 is 4.39 Å². The third-order valence-electron chi connectivity index (χ3n) is 3.16. The van der Waals surface area contributed by atoms with E-state index in [1.165, 1.54) is 17.7 Å². The van der Waals surface area contributed by atoms with Gasteiger partial charge in [0, 0.05) is 5.39 Å². The van der Waals surface area contributed by atoms with E-state index in [2.05, 4.69) is 30.1 Å². The zero-order valence-corrected chi connectivity index (χ0v) is 11.2. The van der Waals surface area contributed by atoms with Crippen LogP contribution in [0.1, 0.15) is 16.8 Å². The average molecular weight is 263 g/mol. The number of aryl methyl sites for hydroxylation is 1. The van der Waals surface area contributed by atoms with Gasteiger partial charge in [-0.15, -0.1) is 0 Å². The summed E-state index contributed by atoms with van der Waals surface area (Å²) in [5.41, 5.74) is 3.89. The molecule has 0 aliphatic heterocycles. The molecule has 20 heavy (non-hydrogen) atoms. The summed E-state index contributed by atoms with van der Waals surface area (Å²) in [6.45, 7) is 2.07. The van der Waals surface area contributed by atoms with Crippen LogP contribution in [-0.2, 0) is 0 Å². The molecule has 0 N–H and O–H groups in total. The number of benzene rings is 2. The number of halogens is 1. The highest BCUT2D eigenvalue weighted by Gasteiger charge is 1.97. The summed E-state index contributed by atoms with van der Waals surface area (Å²) in [6, 6.07) is 16.7. The van der Waals surface area contributed by atoms with Gasteiger partial charge in [0.15, 0.2) is 0 Å². The monoisotopic (exact) mass is 263 g/mol. The molecule has 0 aliphatic rings. The predicted octanol–water partition coefficient (Wildman–Crippen LogP) is 4.85. The van der Waals surface area contributed by atoms with Gasteiger partial charge >= 0.3 is 0 Å². The van der Waals surface area contributed by atoms with Crippen molar-refractivity contribution in [3.8, 4) is 0 Å². The summed E-state index contributed by atoms with van der Waals surface area (Å²) < 4.78 is 13.1. The van der Waals surface area contributed by atoms with Crippen LogP contribution < -0.4 is 0 Å². The third-order valence-corrected chi connectivity index (χ3v) is 3.16. The van der Waals surface area contributed by atoms with Crippen LogP contribution >= 0.6 is 0 Å². The second-order valence-electron chi connectivity index (χ2n) is 4.82. The van der Waals surface area contributed by atoms with Crippen LogP contribution in [-0.4, -0.2) is 4.98 Å². The molecule has 2 aromatic carbocycles. The molecular weight excluding hydrogens is 249 g/mol. The summed E-state index contributed by atoms with van der Waals surface area (Å²) >= 11 is 0. The van der Waals surface area contributed by atoms with Crippen LogP contribution in [0.2, 0.25) is 0 Å². The number of fused-ring (bicyclic) bond motifs is 1. The van der Waals surface area contributed by atoms with E-state index in [1.807, 2.05) is 30.4 Å². The van der Waals surface area contributed by atoms with E-state index in [1.54, 1.807) is 6.07 Å². The quantitative estimate of drug-likeness (QED) is 0.644. The van der Waals surface area contributed by atoms with Crippen LogP contribution in [0.15, 0.2) is 54.6 Å². The number of hydrogen-bond acceptors (Lipinski definition) is 1. The van der Waals surface area contributed by atoms with Gasteiger partial charge in [-0.2, -0.15) is 0 Å². The Balaban J connectivity index is 1.93. The minimum absolute atomic E-state index is 0.228. The number of nitrogens with zero attached hydrogens (tertiary/aromatic N) is 1. The normalized spacial score (nSPS) is 11.3. The lowest BCUT2D eigenvalue weighted by Crippen LogP contribution is -1.84. The molecule has 0 amide bonds. The molecule has 0 atom stereocenters. The largest absolute Gasteiger partial charge is 0.248 e. The Kier molecular flexibility index (Phi) is 3.30. The molecule has 1 aromatic heterocycles. The van der Waals surface area contributed by atoms with Crippen LogP contribution in [0.5, 0.6) is 0 Å². The summed E-state index contributed by atoms with van der Waals surface area (Å²) in [5.74, 6) is -0.228. The molecular formula is C18H14FN. The highest BCUT2D eigenvalue weighted by Crippen LogP contribution is 2.16. The van der Waals surface area contributed by atoms with Crippen molar-refractivity contribution >= 4 is 23.1 Å². The fourth-order valence-electron chi connectivity index (χ4n) is 2.15. The molecule has 0 saturated carbocycles. The maximum atomic E-state index is 13.1. The maximum absolute atomic E-state index is 13.1. The zero-order chi connectivity index (χ0) is 13.9. The Bertz CT molecular complexity index is 790. The molecule has 1 heterocycles. The lowest BCUT2D eigenvalue weighted by Gasteiger charge is -2.00. The lowest BCUT2D eigenvalue weighted by molar-refractivity contribution is 0.627. The second-order valence-corrected chi connectivity index (χ2v) is 4.82. The van der Waals surface area contributed by atoms with Crippen LogP contribution in [0.25, 0.3) is 23.1 Å². The zero-order valence-electron chi connectivity index (χ0n) is 11.2. The highest BCUT2D eigenvalue weighted by atomic mass is 19.1. The van der Waals surface area contributed by atoms with Crippen molar-refractivity contribution in [1.82, 2.24) is 4.98 Å². The first-order valence-electron chi connectivity index (χ1n) is 6.52. The SMILES string of the molecule is Cc1ccc2nc(C=Cc3cccc(F)c3)ccc2c1. The van der Waals surface area contributed by atoms with E-state index in [0.717, 1.165) is 22.2 Å². The molecule has 0 unspecified atom stereocenters. The minimum atomic E-state index is -0.228. The number of hydrogen-bond donors (Lipinski definition) is 0. The first kappa shape index (κ1) is 12.5. The van der Waals surface area contributed by atoms with E-state index in [4.69, 9.17) is 0 Å². The molecule has 0 saturated heterocycles. The number of rotatable bonds is 2. The third kappa shape index (κ3) is 2.75. The van der Waals surface area contributed by atoms with Crippen molar-refractivity contribution in [2.45, 2.75) is 6.92 Å². The molecule has 3 aromatic rings. The Morgan fingerprint density at radius 2 is 1.85 bits per heavy atom. The Morgan fingerprint density at radius 3 is 2.70 bits per heavy atom. The molecule has 3 rings (SSSR count). The number of pyridine rings is 1. The second kappa shape index (κ2) is 5.25. The van der Waals surface area contributed by atoms with Crippen molar-refractivity contribution in [3.05, 3.63) is 77.2 Å². The van der Waals surface area contributed by atoms with Gasteiger partial charge in [0.05, 0.1) is 11.2 Å². The maximum Gasteiger partial charge on any atom is 0.123 e. The van der Waals surface area contributed by atoms with Gasteiger partial charge in [-0.3, -0.25) is 0 Å². The topological polar surface area (TPSA) is 12.9 Å². The highest BCUT2D eigenvalue weighted by molar-refractivity contribution is 5.81. The Hall–Kier alpha value is -2.48. The minimum Gasteiger partial charge on any atom is -0.248 e. The molecule has 1 nitrogen and oxygen atoms in total. The van der Waals surface area contributed by atoms with Crippen molar-refractivity contribution in [1.29, 1.82) is 0 Å². The van der Waals surface area contributed by atoms with E-state index in [-0.39, 0.29) is 5.82 Å². The van der Waals surface area contributed by atoms with Gasteiger partial charge in [-0.25, -0.2) is 9.37 Å². The molecule has 0 fully saturated rings. The Labute approximate surface area is 117 Å². The summed E-state index contributed by atoms with van der Waals surface area (Å²) in [5, 5.41) is 1.13. The van der Waals surface area contributed by atoms with Crippen LogP contribution in [0.4, 0.5) is 4.39 Å². The lowest BCUT2D eigenvalue weighted by atomic mass is 10.1. The Morgan fingerprint density at radius 1 is 0.950 bits per heavy atom. The van der Waals surface area contributed by atoms with Gasteiger partial charge in [0.2, 0.25) is 0 Å². The van der Waals surface area contributed by atoms with Gasteiger partial charge in [-0.1, -0.05) is 35.9 Å². The van der Waals surface area contributed by atoms with Crippen molar-refractivity contribution in [2.24, 2.45) is 0 Å². The van der Waals surface area contributed by atoms with E-state index in [9.17, 15) is 4.39 Å². The smallest absolute Gasteiger partial charge is 0.123 e. The van der Waals surface area contributed by atoms with E-state index < -0.39 is 0 Å². The van der Waals surface area contributed by atoms with Crippen molar-refractivity contribution in [2.75, 3.05) is 0 Å².